The van der Waals surface area contributed by atoms with Crippen LogP contribution in [0.4, 0.5) is 0 Å². The quantitative estimate of drug-likeness (QED) is 0.175. The zero-order chi connectivity index (χ0) is 25.1. The van der Waals surface area contributed by atoms with Crippen LogP contribution in [0.25, 0.3) is 11.1 Å². The Bertz CT molecular complexity index is 1120. The van der Waals surface area contributed by atoms with Gasteiger partial charge in [-0.3, -0.25) is 0 Å². The smallest absolute Gasteiger partial charge is 0.335 e. The number of hydrogen-bond acceptors (Lipinski definition) is 6. The van der Waals surface area contributed by atoms with Crippen molar-refractivity contribution in [3.63, 3.8) is 0 Å². The summed E-state index contributed by atoms with van der Waals surface area (Å²) in [5.74, 6) is -1.23. The predicted octanol–water partition coefficient (Wildman–Crippen LogP) is 6.08. The highest BCUT2D eigenvalue weighted by atomic mass is 16.6. The molecule has 2 aromatic rings. The lowest BCUT2D eigenvalue weighted by molar-refractivity contribution is -0.131. The van der Waals surface area contributed by atoms with E-state index in [-0.39, 0.29) is 11.5 Å². The van der Waals surface area contributed by atoms with E-state index in [1.807, 2.05) is 25.1 Å². The standard InChI is InChI=1S/C28H28O6/c1-6-11-23(19-12-15-21(16-13-19)32-26(29)8-3)22(7-2)20-14-17-24(33-27(30)9-4)25(18-20)34-28(31)10-5/h8-10,12-18H,3-7,11H2,1-2H3/b23-22+. The number of ether oxygens (including phenoxy) is 3. The highest BCUT2D eigenvalue weighted by Crippen LogP contribution is 2.37. The fourth-order valence-electron chi connectivity index (χ4n) is 3.35. The molecule has 0 bridgehead atoms. The van der Waals surface area contributed by atoms with Crippen LogP contribution in [-0.4, -0.2) is 17.9 Å². The van der Waals surface area contributed by atoms with Crippen LogP contribution in [0.5, 0.6) is 17.2 Å². The van der Waals surface area contributed by atoms with Crippen LogP contribution in [0.15, 0.2) is 80.4 Å². The van der Waals surface area contributed by atoms with Gasteiger partial charge in [-0.1, -0.05) is 58.2 Å². The molecule has 0 spiro atoms. The second kappa shape index (κ2) is 12.7. The summed E-state index contributed by atoms with van der Waals surface area (Å²) in [5.41, 5.74) is 3.93. The summed E-state index contributed by atoms with van der Waals surface area (Å²) in [5, 5.41) is 0. The lowest BCUT2D eigenvalue weighted by atomic mass is 9.90. The normalized spacial score (nSPS) is 11.0. The van der Waals surface area contributed by atoms with Crippen molar-refractivity contribution in [1.29, 1.82) is 0 Å². The Balaban J connectivity index is 2.57. The van der Waals surface area contributed by atoms with Crippen LogP contribution in [0, 0.1) is 0 Å². The summed E-state index contributed by atoms with van der Waals surface area (Å²) in [6.45, 7) is 14.3. The van der Waals surface area contributed by atoms with Gasteiger partial charge in [-0.2, -0.15) is 0 Å². The van der Waals surface area contributed by atoms with Gasteiger partial charge in [-0.25, -0.2) is 14.4 Å². The number of esters is 3. The Morgan fingerprint density at radius 1 is 0.706 bits per heavy atom. The third-order valence-corrected chi connectivity index (χ3v) is 4.85. The van der Waals surface area contributed by atoms with Crippen molar-refractivity contribution in [3.05, 3.63) is 91.6 Å². The fourth-order valence-corrected chi connectivity index (χ4v) is 3.35. The minimum Gasteiger partial charge on any atom is -0.423 e. The van der Waals surface area contributed by atoms with Gasteiger partial charge in [0.15, 0.2) is 11.5 Å². The second-order valence-electron chi connectivity index (χ2n) is 7.12. The molecular weight excluding hydrogens is 432 g/mol. The Kier molecular flexibility index (Phi) is 9.77. The zero-order valence-corrected chi connectivity index (χ0v) is 19.5. The number of allylic oxidation sites excluding steroid dienone is 2. The highest BCUT2D eigenvalue weighted by Gasteiger charge is 2.16. The topological polar surface area (TPSA) is 78.9 Å². The van der Waals surface area contributed by atoms with Gasteiger partial charge in [0.25, 0.3) is 0 Å². The molecule has 6 nitrogen and oxygen atoms in total. The molecule has 0 aliphatic carbocycles. The van der Waals surface area contributed by atoms with Gasteiger partial charge < -0.3 is 14.2 Å². The summed E-state index contributed by atoms with van der Waals surface area (Å²) in [4.78, 5) is 35.0. The van der Waals surface area contributed by atoms with Crippen LogP contribution in [0.3, 0.4) is 0 Å². The molecule has 2 rings (SSSR count). The van der Waals surface area contributed by atoms with Crippen molar-refractivity contribution in [1.82, 2.24) is 0 Å². The molecule has 0 aliphatic heterocycles. The Hall–Kier alpha value is -4.19. The summed E-state index contributed by atoms with van der Waals surface area (Å²) >= 11 is 0. The second-order valence-corrected chi connectivity index (χ2v) is 7.12. The SMILES string of the molecule is C=CC(=O)Oc1ccc(/C(CCC)=C(\CC)c2ccc(OC(=O)C=C)c(OC(=O)C=C)c2)cc1. The van der Waals surface area contributed by atoms with Gasteiger partial charge in [0.05, 0.1) is 0 Å². The van der Waals surface area contributed by atoms with E-state index in [9.17, 15) is 14.4 Å². The van der Waals surface area contributed by atoms with Gasteiger partial charge in [-0.05, 0) is 59.4 Å². The Morgan fingerprint density at radius 3 is 1.76 bits per heavy atom. The molecule has 0 unspecified atom stereocenters. The van der Waals surface area contributed by atoms with Gasteiger partial charge >= 0.3 is 17.9 Å². The van der Waals surface area contributed by atoms with Crippen LogP contribution in [0.1, 0.15) is 44.2 Å². The van der Waals surface area contributed by atoms with E-state index < -0.39 is 17.9 Å². The van der Waals surface area contributed by atoms with E-state index in [0.29, 0.717) is 12.2 Å². The molecule has 0 amide bonds. The molecule has 0 aromatic heterocycles. The molecular formula is C28H28O6. The number of carbonyl (C=O) groups is 3. The molecule has 0 heterocycles. The van der Waals surface area contributed by atoms with Crippen LogP contribution >= 0.6 is 0 Å². The summed E-state index contributed by atoms with van der Waals surface area (Å²) < 4.78 is 15.7. The first-order valence-electron chi connectivity index (χ1n) is 10.9. The molecule has 34 heavy (non-hydrogen) atoms. The highest BCUT2D eigenvalue weighted by molar-refractivity contribution is 5.92. The third-order valence-electron chi connectivity index (χ3n) is 4.85. The average molecular weight is 461 g/mol. The maximum Gasteiger partial charge on any atom is 0.335 e. The number of benzene rings is 2. The molecule has 6 heteroatoms. The van der Waals surface area contributed by atoms with Gasteiger partial charge in [0.1, 0.15) is 5.75 Å². The Labute approximate surface area is 199 Å². The zero-order valence-electron chi connectivity index (χ0n) is 19.5. The first-order chi connectivity index (χ1) is 16.4. The molecule has 0 fully saturated rings. The minimum absolute atomic E-state index is 0.102. The lowest BCUT2D eigenvalue weighted by Gasteiger charge is -2.17. The van der Waals surface area contributed by atoms with Gasteiger partial charge in [-0.15, -0.1) is 0 Å². The maximum absolute atomic E-state index is 11.9. The number of hydrogen-bond donors (Lipinski definition) is 0. The van der Waals surface area contributed by atoms with Crippen LogP contribution < -0.4 is 14.2 Å². The lowest BCUT2D eigenvalue weighted by Crippen LogP contribution is -2.09. The van der Waals surface area contributed by atoms with Crippen molar-refractivity contribution in [2.24, 2.45) is 0 Å². The fraction of sp³-hybridized carbons (Fsp3) is 0.179. The molecule has 2 aromatic carbocycles. The van der Waals surface area contributed by atoms with E-state index >= 15 is 0 Å². The van der Waals surface area contributed by atoms with Crippen molar-refractivity contribution >= 4 is 29.1 Å². The summed E-state index contributed by atoms with van der Waals surface area (Å²) in [6.07, 6.45) is 5.57. The molecule has 0 aliphatic rings. The van der Waals surface area contributed by atoms with E-state index in [0.717, 1.165) is 53.3 Å². The summed E-state index contributed by atoms with van der Waals surface area (Å²) in [6, 6.07) is 12.3. The maximum atomic E-state index is 11.9. The van der Waals surface area contributed by atoms with E-state index in [4.69, 9.17) is 14.2 Å². The van der Waals surface area contributed by atoms with Gasteiger partial charge in [0, 0.05) is 18.2 Å². The number of rotatable bonds is 11. The van der Waals surface area contributed by atoms with Crippen molar-refractivity contribution in [2.75, 3.05) is 0 Å². The molecule has 0 atom stereocenters. The molecule has 0 saturated heterocycles. The van der Waals surface area contributed by atoms with Crippen molar-refractivity contribution in [3.8, 4) is 17.2 Å². The molecule has 0 saturated carbocycles. The van der Waals surface area contributed by atoms with Crippen molar-refractivity contribution in [2.45, 2.75) is 33.1 Å². The largest absolute Gasteiger partial charge is 0.423 e. The summed E-state index contributed by atoms with van der Waals surface area (Å²) in [7, 11) is 0. The van der Waals surface area contributed by atoms with E-state index in [1.165, 1.54) is 0 Å². The van der Waals surface area contributed by atoms with E-state index in [1.54, 1.807) is 24.3 Å². The minimum atomic E-state index is -0.673. The first kappa shape index (κ1) is 26.1. The van der Waals surface area contributed by atoms with Crippen LogP contribution in [-0.2, 0) is 14.4 Å². The predicted molar refractivity (Wildman–Crippen MR) is 132 cm³/mol. The number of carbonyl (C=O) groups excluding carboxylic acids is 3. The molecule has 0 N–H and O–H groups in total. The molecule has 0 radical (unpaired) electrons. The Morgan fingerprint density at radius 2 is 1.24 bits per heavy atom. The average Bonchev–Trinajstić information content (AvgIpc) is 2.85. The monoisotopic (exact) mass is 460 g/mol. The van der Waals surface area contributed by atoms with Crippen molar-refractivity contribution < 1.29 is 28.6 Å². The van der Waals surface area contributed by atoms with Gasteiger partial charge in [0.2, 0.25) is 0 Å². The first-order valence-corrected chi connectivity index (χ1v) is 10.9. The van der Waals surface area contributed by atoms with Crippen LogP contribution in [0.2, 0.25) is 0 Å². The third kappa shape index (κ3) is 6.90. The van der Waals surface area contributed by atoms with E-state index in [2.05, 4.69) is 26.7 Å². The molecule has 176 valence electrons.